The average Bonchev–Trinajstić information content (AvgIpc) is 2.28. The minimum atomic E-state index is 0.989. The van der Waals surface area contributed by atoms with Gasteiger partial charge < -0.3 is 5.32 Å². The maximum Gasteiger partial charge on any atom is 0.0448 e. The van der Waals surface area contributed by atoms with Crippen LogP contribution in [0.15, 0.2) is 18.3 Å². The van der Waals surface area contributed by atoms with Crippen molar-refractivity contribution in [2.24, 2.45) is 0 Å². The number of pyridine rings is 1. The molecule has 0 fully saturated rings. The molecule has 2 nitrogen and oxygen atoms in total. The summed E-state index contributed by atoms with van der Waals surface area (Å²) in [6.07, 6.45) is 4.22. The Morgan fingerprint density at radius 3 is 3.45 bits per heavy atom. The zero-order chi connectivity index (χ0) is 7.52. The van der Waals surface area contributed by atoms with Crippen LogP contribution >= 0.6 is 0 Å². The molecule has 0 unspecified atom stereocenters. The van der Waals surface area contributed by atoms with E-state index in [-0.39, 0.29) is 0 Å². The molecule has 58 valence electrons. The molecule has 0 bridgehead atoms. The fourth-order valence-electron chi connectivity index (χ4n) is 1.46. The number of hydrogen-bond acceptors (Lipinski definition) is 2. The van der Waals surface area contributed by atoms with Crippen molar-refractivity contribution in [3.63, 3.8) is 0 Å². The molecule has 0 atom stereocenters. The van der Waals surface area contributed by atoms with Crippen LogP contribution in [0.4, 0.5) is 0 Å². The summed E-state index contributed by atoms with van der Waals surface area (Å²) < 4.78 is 0. The predicted molar refractivity (Wildman–Crippen MR) is 44.3 cm³/mol. The highest BCUT2D eigenvalue weighted by Crippen LogP contribution is 2.09. The third-order valence-electron chi connectivity index (χ3n) is 2.07. The minimum absolute atomic E-state index is 0.989. The number of hydrogen-bond donors (Lipinski definition) is 1. The molecule has 0 aromatic carbocycles. The number of aromatic nitrogens is 1. The van der Waals surface area contributed by atoms with Gasteiger partial charge in [-0.3, -0.25) is 4.98 Å². The van der Waals surface area contributed by atoms with Gasteiger partial charge in [-0.15, -0.1) is 0 Å². The summed E-state index contributed by atoms with van der Waals surface area (Å²) in [6, 6.07) is 4.16. The molecule has 2 heterocycles. The van der Waals surface area contributed by atoms with Crippen LogP contribution in [0.1, 0.15) is 17.7 Å². The monoisotopic (exact) mass is 148 g/mol. The van der Waals surface area contributed by atoms with Crippen molar-refractivity contribution >= 4 is 0 Å². The molecular formula is C9H12N2. The lowest BCUT2D eigenvalue weighted by Crippen LogP contribution is -2.11. The average molecular weight is 148 g/mol. The summed E-state index contributed by atoms with van der Waals surface area (Å²) in [4.78, 5) is 4.34. The normalized spacial score (nSPS) is 17.1. The Balaban J connectivity index is 2.33. The summed E-state index contributed by atoms with van der Waals surface area (Å²) >= 11 is 0. The summed E-state index contributed by atoms with van der Waals surface area (Å²) in [5.41, 5.74) is 2.64. The topological polar surface area (TPSA) is 24.9 Å². The van der Waals surface area contributed by atoms with E-state index in [2.05, 4.69) is 16.4 Å². The third-order valence-corrected chi connectivity index (χ3v) is 2.07. The van der Waals surface area contributed by atoms with Crippen LogP contribution in [0.25, 0.3) is 0 Å². The van der Waals surface area contributed by atoms with E-state index in [9.17, 15) is 0 Å². The molecule has 0 saturated heterocycles. The molecule has 1 aromatic rings. The van der Waals surface area contributed by atoms with Gasteiger partial charge in [-0.05, 0) is 31.0 Å². The van der Waals surface area contributed by atoms with Gasteiger partial charge in [-0.2, -0.15) is 0 Å². The Hall–Kier alpha value is -0.890. The molecule has 0 amide bonds. The Bertz CT molecular complexity index is 220. The second kappa shape index (κ2) is 3.01. The van der Waals surface area contributed by atoms with Gasteiger partial charge in [0.2, 0.25) is 0 Å². The first-order valence-corrected chi connectivity index (χ1v) is 4.10. The molecule has 2 rings (SSSR count). The lowest BCUT2D eigenvalue weighted by molar-refractivity contribution is 0.680. The Morgan fingerprint density at radius 2 is 2.45 bits per heavy atom. The van der Waals surface area contributed by atoms with Crippen molar-refractivity contribution in [2.45, 2.75) is 19.4 Å². The zero-order valence-electron chi connectivity index (χ0n) is 6.51. The number of aryl methyl sites for hydroxylation is 1. The summed E-state index contributed by atoms with van der Waals surface area (Å²) in [7, 11) is 0. The first-order chi connectivity index (χ1) is 5.47. The van der Waals surface area contributed by atoms with Crippen LogP contribution in [-0.2, 0) is 13.0 Å². The highest BCUT2D eigenvalue weighted by Gasteiger charge is 2.05. The standard InChI is InChI=1S/C9H12N2/c1-3-8-7-10-5-2-4-9(8)11-6-1/h1,3,6,10H,2,4-5,7H2. The van der Waals surface area contributed by atoms with E-state index in [4.69, 9.17) is 0 Å². The Morgan fingerprint density at radius 1 is 1.45 bits per heavy atom. The molecule has 1 aliphatic heterocycles. The molecule has 0 spiro atoms. The number of nitrogens with one attached hydrogen (secondary N) is 1. The molecule has 0 aliphatic carbocycles. The first kappa shape index (κ1) is 6.80. The molecule has 1 N–H and O–H groups in total. The third kappa shape index (κ3) is 1.40. The van der Waals surface area contributed by atoms with E-state index in [1.54, 1.807) is 0 Å². The van der Waals surface area contributed by atoms with Gasteiger partial charge >= 0.3 is 0 Å². The van der Waals surface area contributed by atoms with E-state index < -0.39 is 0 Å². The Kier molecular flexibility index (Phi) is 1.86. The van der Waals surface area contributed by atoms with Gasteiger partial charge in [-0.25, -0.2) is 0 Å². The van der Waals surface area contributed by atoms with Gasteiger partial charge in [0.05, 0.1) is 0 Å². The fourth-order valence-corrected chi connectivity index (χ4v) is 1.46. The highest BCUT2D eigenvalue weighted by molar-refractivity contribution is 5.20. The van der Waals surface area contributed by atoms with Crippen molar-refractivity contribution in [2.75, 3.05) is 6.54 Å². The molecule has 0 radical (unpaired) electrons. The number of nitrogens with zero attached hydrogens (tertiary/aromatic N) is 1. The summed E-state index contributed by atoms with van der Waals surface area (Å²) in [6.45, 7) is 2.11. The van der Waals surface area contributed by atoms with Gasteiger partial charge in [0, 0.05) is 18.4 Å². The smallest absolute Gasteiger partial charge is 0.0448 e. The van der Waals surface area contributed by atoms with E-state index >= 15 is 0 Å². The van der Waals surface area contributed by atoms with Crippen LogP contribution in [-0.4, -0.2) is 11.5 Å². The maximum atomic E-state index is 4.34. The molecule has 2 heteroatoms. The zero-order valence-corrected chi connectivity index (χ0v) is 6.51. The lowest BCUT2D eigenvalue weighted by Gasteiger charge is -2.01. The summed E-state index contributed by atoms with van der Waals surface area (Å²) in [5.74, 6) is 0. The van der Waals surface area contributed by atoms with Crippen LogP contribution < -0.4 is 5.32 Å². The van der Waals surface area contributed by atoms with Crippen LogP contribution in [0, 0.1) is 0 Å². The van der Waals surface area contributed by atoms with Crippen molar-refractivity contribution in [1.82, 2.24) is 10.3 Å². The maximum absolute atomic E-state index is 4.34. The van der Waals surface area contributed by atoms with E-state index in [1.807, 2.05) is 12.3 Å². The molecule has 1 aliphatic rings. The van der Waals surface area contributed by atoms with E-state index in [0.29, 0.717) is 0 Å². The second-order valence-electron chi connectivity index (χ2n) is 2.89. The van der Waals surface area contributed by atoms with Crippen molar-refractivity contribution in [3.8, 4) is 0 Å². The fraction of sp³-hybridized carbons (Fsp3) is 0.444. The van der Waals surface area contributed by atoms with Gasteiger partial charge in [0.15, 0.2) is 0 Å². The number of fused-ring (bicyclic) bond motifs is 1. The quantitative estimate of drug-likeness (QED) is 0.596. The highest BCUT2D eigenvalue weighted by atomic mass is 14.9. The minimum Gasteiger partial charge on any atom is -0.313 e. The van der Waals surface area contributed by atoms with Crippen molar-refractivity contribution in [1.29, 1.82) is 0 Å². The van der Waals surface area contributed by atoms with Crippen molar-refractivity contribution < 1.29 is 0 Å². The van der Waals surface area contributed by atoms with Crippen LogP contribution in [0.5, 0.6) is 0 Å². The van der Waals surface area contributed by atoms with Gasteiger partial charge in [-0.1, -0.05) is 6.07 Å². The number of rotatable bonds is 0. The van der Waals surface area contributed by atoms with Crippen LogP contribution in [0.2, 0.25) is 0 Å². The SMILES string of the molecule is c1cnc2c(c1)CNCCC2. The van der Waals surface area contributed by atoms with Crippen LogP contribution in [0.3, 0.4) is 0 Å². The van der Waals surface area contributed by atoms with Crippen molar-refractivity contribution in [3.05, 3.63) is 29.6 Å². The molecular weight excluding hydrogens is 136 g/mol. The largest absolute Gasteiger partial charge is 0.313 e. The summed E-state index contributed by atoms with van der Waals surface area (Å²) in [5, 5.41) is 3.36. The molecule has 0 saturated carbocycles. The Labute approximate surface area is 66.7 Å². The second-order valence-corrected chi connectivity index (χ2v) is 2.89. The predicted octanol–water partition coefficient (Wildman–Crippen LogP) is 1.12. The van der Waals surface area contributed by atoms with Gasteiger partial charge in [0.25, 0.3) is 0 Å². The van der Waals surface area contributed by atoms with Gasteiger partial charge in [0.1, 0.15) is 0 Å². The first-order valence-electron chi connectivity index (χ1n) is 4.10. The molecule has 1 aromatic heterocycles. The van der Waals surface area contributed by atoms with E-state index in [1.165, 1.54) is 17.7 Å². The van der Waals surface area contributed by atoms with E-state index in [0.717, 1.165) is 19.5 Å². The molecule has 11 heavy (non-hydrogen) atoms. The lowest BCUT2D eigenvalue weighted by atomic mass is 10.1.